The van der Waals surface area contributed by atoms with Crippen molar-refractivity contribution >= 4 is 11.7 Å². The van der Waals surface area contributed by atoms with E-state index < -0.39 is 0 Å². The number of anilines is 1. The zero-order valence-electron chi connectivity index (χ0n) is 14.1. The monoisotopic (exact) mass is 329 g/mol. The number of hydrogen-bond donors (Lipinski definition) is 1. The summed E-state index contributed by atoms with van der Waals surface area (Å²) < 4.78 is 10.1. The minimum atomic E-state index is -0.0383. The van der Waals surface area contributed by atoms with Crippen LogP contribution in [0.4, 0.5) is 5.82 Å². The number of benzene rings is 1. The second kappa shape index (κ2) is 7.49. The molecule has 1 N–H and O–H groups in total. The van der Waals surface area contributed by atoms with Crippen LogP contribution in [0.5, 0.6) is 5.75 Å². The molecular formula is C18H23N3O3. The van der Waals surface area contributed by atoms with E-state index in [1.807, 2.05) is 12.1 Å². The summed E-state index contributed by atoms with van der Waals surface area (Å²) in [5.74, 6) is 1.98. The molecular weight excluding hydrogens is 306 g/mol. The Morgan fingerprint density at radius 1 is 1.38 bits per heavy atom. The average molecular weight is 329 g/mol. The van der Waals surface area contributed by atoms with Crippen LogP contribution in [0.15, 0.2) is 34.9 Å². The minimum Gasteiger partial charge on any atom is -0.497 e. The molecule has 128 valence electrons. The molecule has 0 saturated heterocycles. The molecule has 1 fully saturated rings. The molecule has 6 nitrogen and oxygen atoms in total. The maximum atomic E-state index is 12.1. The highest BCUT2D eigenvalue weighted by Gasteiger charge is 2.29. The SMILES string of the molecule is COc1ccc(CN(CCC(=O)Nc2cc(C)on2)C2CC2)cc1. The lowest BCUT2D eigenvalue weighted by atomic mass is 10.2. The van der Waals surface area contributed by atoms with Gasteiger partial charge in [-0.25, -0.2) is 0 Å². The molecule has 2 aromatic rings. The number of hydrogen-bond acceptors (Lipinski definition) is 5. The molecule has 1 aromatic carbocycles. The smallest absolute Gasteiger partial charge is 0.226 e. The topological polar surface area (TPSA) is 67.6 Å². The molecule has 6 heteroatoms. The number of nitrogens with one attached hydrogen (secondary N) is 1. The number of carbonyl (C=O) groups is 1. The van der Waals surface area contributed by atoms with Crippen molar-refractivity contribution in [3.05, 3.63) is 41.7 Å². The first kappa shape index (κ1) is 16.5. The zero-order valence-corrected chi connectivity index (χ0v) is 14.1. The van der Waals surface area contributed by atoms with Gasteiger partial charge in [0, 0.05) is 31.6 Å². The summed E-state index contributed by atoms with van der Waals surface area (Å²) in [5.41, 5.74) is 1.23. The Morgan fingerprint density at radius 3 is 2.71 bits per heavy atom. The molecule has 1 heterocycles. The van der Waals surface area contributed by atoms with E-state index >= 15 is 0 Å². The Bertz CT molecular complexity index is 677. The van der Waals surface area contributed by atoms with E-state index in [0.29, 0.717) is 24.0 Å². The molecule has 0 unspecified atom stereocenters. The Kier molecular flexibility index (Phi) is 5.15. The molecule has 0 bridgehead atoms. The lowest BCUT2D eigenvalue weighted by Crippen LogP contribution is -2.29. The van der Waals surface area contributed by atoms with E-state index in [0.717, 1.165) is 18.8 Å². The van der Waals surface area contributed by atoms with Gasteiger partial charge in [-0.1, -0.05) is 17.3 Å². The van der Waals surface area contributed by atoms with Gasteiger partial charge in [0.2, 0.25) is 5.91 Å². The van der Waals surface area contributed by atoms with E-state index in [2.05, 4.69) is 27.5 Å². The number of aryl methyl sites for hydroxylation is 1. The number of ether oxygens (including phenoxy) is 1. The molecule has 1 aliphatic carbocycles. The molecule has 1 aromatic heterocycles. The van der Waals surface area contributed by atoms with Gasteiger partial charge in [-0.2, -0.15) is 0 Å². The van der Waals surface area contributed by atoms with Crippen LogP contribution in [0.2, 0.25) is 0 Å². The first-order valence-corrected chi connectivity index (χ1v) is 8.24. The van der Waals surface area contributed by atoms with Gasteiger partial charge >= 0.3 is 0 Å². The third kappa shape index (κ3) is 4.58. The highest BCUT2D eigenvalue weighted by Crippen LogP contribution is 2.28. The fourth-order valence-corrected chi connectivity index (χ4v) is 2.67. The van der Waals surface area contributed by atoms with Crippen molar-refractivity contribution in [2.45, 2.75) is 38.8 Å². The molecule has 1 amide bonds. The van der Waals surface area contributed by atoms with E-state index in [4.69, 9.17) is 9.26 Å². The van der Waals surface area contributed by atoms with Gasteiger partial charge in [0.05, 0.1) is 7.11 Å². The summed E-state index contributed by atoms with van der Waals surface area (Å²) in [6.45, 7) is 3.39. The zero-order chi connectivity index (χ0) is 16.9. The maximum absolute atomic E-state index is 12.1. The van der Waals surface area contributed by atoms with Crippen molar-refractivity contribution in [2.24, 2.45) is 0 Å². The van der Waals surface area contributed by atoms with E-state index in [9.17, 15) is 4.79 Å². The van der Waals surface area contributed by atoms with Crippen molar-refractivity contribution in [3.8, 4) is 5.75 Å². The first-order valence-electron chi connectivity index (χ1n) is 8.24. The van der Waals surface area contributed by atoms with Crippen LogP contribution in [0.25, 0.3) is 0 Å². The number of methoxy groups -OCH3 is 1. The fraction of sp³-hybridized carbons (Fsp3) is 0.444. The number of nitrogens with zero attached hydrogens (tertiary/aromatic N) is 2. The number of aromatic nitrogens is 1. The molecule has 1 aliphatic rings. The van der Waals surface area contributed by atoms with Gasteiger partial charge in [0.25, 0.3) is 0 Å². The minimum absolute atomic E-state index is 0.0383. The number of rotatable bonds is 8. The van der Waals surface area contributed by atoms with Crippen molar-refractivity contribution in [3.63, 3.8) is 0 Å². The second-order valence-corrected chi connectivity index (χ2v) is 6.17. The van der Waals surface area contributed by atoms with Crippen LogP contribution in [-0.2, 0) is 11.3 Å². The van der Waals surface area contributed by atoms with Gasteiger partial charge < -0.3 is 14.6 Å². The lowest BCUT2D eigenvalue weighted by Gasteiger charge is -2.21. The second-order valence-electron chi connectivity index (χ2n) is 6.17. The Labute approximate surface area is 141 Å². The van der Waals surface area contributed by atoms with E-state index in [-0.39, 0.29) is 5.91 Å². The number of amides is 1. The fourth-order valence-electron chi connectivity index (χ4n) is 2.67. The average Bonchev–Trinajstić information content (AvgIpc) is 3.35. The first-order chi connectivity index (χ1) is 11.6. The third-order valence-corrected chi connectivity index (χ3v) is 4.13. The Hall–Kier alpha value is -2.34. The predicted octanol–water partition coefficient (Wildman–Crippen LogP) is 2.98. The van der Waals surface area contributed by atoms with Gasteiger partial charge in [-0.05, 0) is 37.5 Å². The van der Waals surface area contributed by atoms with Gasteiger partial charge in [-0.3, -0.25) is 9.69 Å². The molecule has 0 aliphatic heterocycles. The highest BCUT2D eigenvalue weighted by atomic mass is 16.5. The van der Waals surface area contributed by atoms with Crippen molar-refractivity contribution in [1.29, 1.82) is 0 Å². The quantitative estimate of drug-likeness (QED) is 0.806. The van der Waals surface area contributed by atoms with Crippen LogP contribution in [0.3, 0.4) is 0 Å². The lowest BCUT2D eigenvalue weighted by molar-refractivity contribution is -0.116. The van der Waals surface area contributed by atoms with Crippen LogP contribution in [-0.4, -0.2) is 35.7 Å². The molecule has 3 rings (SSSR count). The molecule has 0 spiro atoms. The summed E-state index contributed by atoms with van der Waals surface area (Å²) in [4.78, 5) is 14.4. The summed E-state index contributed by atoms with van der Waals surface area (Å²) in [5, 5.41) is 6.55. The van der Waals surface area contributed by atoms with Crippen molar-refractivity contribution < 1.29 is 14.1 Å². The van der Waals surface area contributed by atoms with Crippen LogP contribution >= 0.6 is 0 Å². The van der Waals surface area contributed by atoms with Gasteiger partial charge in [0.1, 0.15) is 11.5 Å². The Morgan fingerprint density at radius 2 is 2.12 bits per heavy atom. The van der Waals surface area contributed by atoms with E-state index in [1.165, 1.54) is 18.4 Å². The largest absolute Gasteiger partial charge is 0.497 e. The molecule has 0 atom stereocenters. The van der Waals surface area contributed by atoms with E-state index in [1.54, 1.807) is 20.1 Å². The Balaban J connectivity index is 1.51. The highest BCUT2D eigenvalue weighted by molar-refractivity contribution is 5.89. The standard InChI is InChI=1S/C18H23N3O3/c1-13-11-17(20-24-13)19-18(22)9-10-21(15-5-6-15)12-14-3-7-16(23-2)8-4-14/h3-4,7-8,11,15H,5-6,9-10,12H2,1-2H3,(H,19,20,22). The van der Waals surface area contributed by atoms with Gasteiger partial charge in [-0.15, -0.1) is 0 Å². The molecule has 1 saturated carbocycles. The molecule has 24 heavy (non-hydrogen) atoms. The third-order valence-electron chi connectivity index (χ3n) is 4.13. The summed E-state index contributed by atoms with van der Waals surface area (Å²) in [6.07, 6.45) is 2.86. The summed E-state index contributed by atoms with van der Waals surface area (Å²) in [7, 11) is 1.67. The molecule has 0 radical (unpaired) electrons. The summed E-state index contributed by atoms with van der Waals surface area (Å²) >= 11 is 0. The van der Waals surface area contributed by atoms with Crippen LogP contribution in [0, 0.1) is 6.92 Å². The number of carbonyl (C=O) groups excluding carboxylic acids is 1. The predicted molar refractivity (Wildman–Crippen MR) is 90.9 cm³/mol. The van der Waals surface area contributed by atoms with Crippen molar-refractivity contribution in [2.75, 3.05) is 19.0 Å². The summed E-state index contributed by atoms with van der Waals surface area (Å²) in [6, 6.07) is 10.4. The van der Waals surface area contributed by atoms with Crippen molar-refractivity contribution in [1.82, 2.24) is 10.1 Å². The van der Waals surface area contributed by atoms with Gasteiger partial charge in [0.15, 0.2) is 5.82 Å². The van der Waals surface area contributed by atoms with Crippen LogP contribution < -0.4 is 10.1 Å². The normalized spacial score (nSPS) is 14.0. The van der Waals surface area contributed by atoms with Crippen LogP contribution in [0.1, 0.15) is 30.6 Å². The maximum Gasteiger partial charge on any atom is 0.226 e.